The zero-order valence-electron chi connectivity index (χ0n) is 16.4. The molecular weight excluding hydrogens is 356 g/mol. The van der Waals surface area contributed by atoms with Gasteiger partial charge in [0, 0.05) is 23.6 Å². The molecule has 0 saturated carbocycles. The van der Waals surface area contributed by atoms with Crippen molar-refractivity contribution in [1.29, 1.82) is 0 Å². The summed E-state index contributed by atoms with van der Waals surface area (Å²) in [5, 5.41) is 6.85. The Labute approximate surface area is 163 Å². The number of amides is 1. The number of hydrogen-bond acceptors (Lipinski definition) is 6. The van der Waals surface area contributed by atoms with Crippen LogP contribution in [0.3, 0.4) is 0 Å². The lowest BCUT2D eigenvalue weighted by Gasteiger charge is -2.13. The van der Waals surface area contributed by atoms with Gasteiger partial charge in [0.15, 0.2) is 0 Å². The average Bonchev–Trinajstić information content (AvgIpc) is 3.10. The molecule has 3 rings (SSSR count). The maximum Gasteiger partial charge on any atom is 0.255 e. The van der Waals surface area contributed by atoms with Crippen molar-refractivity contribution in [3.63, 3.8) is 0 Å². The molecule has 0 saturated heterocycles. The lowest BCUT2D eigenvalue weighted by molar-refractivity contribution is 0.102. The standard InChI is InChI=1S/C21H24N4O3/c1-21(2,3)12-18-24-19(25-28-18)13-6-5-7-14(10-13)20(26)23-17-11-15(27-4)8-9-16(17)22/h5-11H,12,22H2,1-4H3,(H,23,26). The minimum atomic E-state index is -0.291. The van der Waals surface area contributed by atoms with Gasteiger partial charge in [-0.3, -0.25) is 4.79 Å². The van der Waals surface area contributed by atoms with E-state index in [1.54, 1.807) is 43.5 Å². The Morgan fingerprint density at radius 1 is 1.21 bits per heavy atom. The number of nitrogens with one attached hydrogen (secondary N) is 1. The summed E-state index contributed by atoms with van der Waals surface area (Å²) in [6, 6.07) is 12.1. The van der Waals surface area contributed by atoms with Crippen LogP contribution >= 0.6 is 0 Å². The maximum atomic E-state index is 12.7. The van der Waals surface area contributed by atoms with E-state index in [2.05, 4.69) is 36.2 Å². The number of ether oxygens (including phenoxy) is 1. The van der Waals surface area contributed by atoms with Crippen molar-refractivity contribution < 1.29 is 14.1 Å². The highest BCUT2D eigenvalue weighted by atomic mass is 16.5. The lowest BCUT2D eigenvalue weighted by atomic mass is 9.92. The first-order chi connectivity index (χ1) is 13.2. The minimum absolute atomic E-state index is 0.0439. The number of carbonyl (C=O) groups is 1. The number of nitrogens with two attached hydrogens (primary N) is 1. The Morgan fingerprint density at radius 2 is 2.00 bits per heavy atom. The fourth-order valence-electron chi connectivity index (χ4n) is 2.66. The molecule has 0 spiro atoms. The van der Waals surface area contributed by atoms with E-state index in [1.165, 1.54) is 0 Å². The second-order valence-corrected chi connectivity index (χ2v) is 7.74. The van der Waals surface area contributed by atoms with Gasteiger partial charge in [-0.25, -0.2) is 0 Å². The number of carbonyl (C=O) groups excluding carboxylic acids is 1. The van der Waals surface area contributed by atoms with Gasteiger partial charge in [0.05, 0.1) is 18.5 Å². The van der Waals surface area contributed by atoms with Gasteiger partial charge in [-0.05, 0) is 29.7 Å². The van der Waals surface area contributed by atoms with Gasteiger partial charge in [-0.15, -0.1) is 0 Å². The topological polar surface area (TPSA) is 103 Å². The highest BCUT2D eigenvalue weighted by Crippen LogP contribution is 2.26. The molecule has 28 heavy (non-hydrogen) atoms. The second kappa shape index (κ2) is 7.72. The summed E-state index contributed by atoms with van der Waals surface area (Å²) in [7, 11) is 1.55. The quantitative estimate of drug-likeness (QED) is 0.644. The Hall–Kier alpha value is -3.35. The Bertz CT molecular complexity index is 989. The fourth-order valence-corrected chi connectivity index (χ4v) is 2.66. The van der Waals surface area contributed by atoms with Crippen molar-refractivity contribution in [2.45, 2.75) is 27.2 Å². The lowest BCUT2D eigenvalue weighted by Crippen LogP contribution is -2.13. The zero-order chi connectivity index (χ0) is 20.3. The molecule has 2 aromatic carbocycles. The van der Waals surface area contributed by atoms with Gasteiger partial charge in [-0.2, -0.15) is 4.98 Å². The molecule has 146 valence electrons. The van der Waals surface area contributed by atoms with E-state index in [9.17, 15) is 4.79 Å². The zero-order valence-corrected chi connectivity index (χ0v) is 16.4. The fraction of sp³-hybridized carbons (Fsp3) is 0.286. The normalized spacial score (nSPS) is 11.3. The number of benzene rings is 2. The predicted molar refractivity (Wildman–Crippen MR) is 108 cm³/mol. The molecule has 7 heteroatoms. The van der Waals surface area contributed by atoms with Crippen molar-refractivity contribution in [2.24, 2.45) is 5.41 Å². The smallest absolute Gasteiger partial charge is 0.255 e. The van der Waals surface area contributed by atoms with Crippen LogP contribution in [-0.2, 0) is 6.42 Å². The molecule has 7 nitrogen and oxygen atoms in total. The Kier molecular flexibility index (Phi) is 5.35. The van der Waals surface area contributed by atoms with Gasteiger partial charge >= 0.3 is 0 Å². The van der Waals surface area contributed by atoms with Crippen LogP contribution in [0.25, 0.3) is 11.4 Å². The third-order valence-electron chi connectivity index (χ3n) is 4.04. The van der Waals surface area contributed by atoms with Gasteiger partial charge in [-0.1, -0.05) is 38.1 Å². The van der Waals surface area contributed by atoms with E-state index < -0.39 is 0 Å². The molecule has 0 unspecified atom stereocenters. The third-order valence-corrected chi connectivity index (χ3v) is 4.04. The summed E-state index contributed by atoms with van der Waals surface area (Å²) in [6.07, 6.45) is 0.676. The van der Waals surface area contributed by atoms with E-state index in [0.717, 1.165) is 0 Å². The van der Waals surface area contributed by atoms with Gasteiger partial charge in [0.1, 0.15) is 5.75 Å². The summed E-state index contributed by atoms with van der Waals surface area (Å²) >= 11 is 0. The third kappa shape index (κ3) is 4.68. The molecule has 1 heterocycles. The van der Waals surface area contributed by atoms with Crippen LogP contribution in [0.2, 0.25) is 0 Å². The first-order valence-electron chi connectivity index (χ1n) is 8.93. The number of anilines is 2. The van der Waals surface area contributed by atoms with Gasteiger partial charge < -0.3 is 20.3 Å². The highest BCUT2D eigenvalue weighted by Gasteiger charge is 2.18. The van der Waals surface area contributed by atoms with Crippen LogP contribution in [0, 0.1) is 5.41 Å². The summed E-state index contributed by atoms with van der Waals surface area (Å²) in [5.74, 6) is 1.34. The van der Waals surface area contributed by atoms with E-state index in [1.807, 2.05) is 6.07 Å². The molecule has 0 radical (unpaired) electrons. The van der Waals surface area contributed by atoms with Crippen molar-refractivity contribution in [3.8, 4) is 17.1 Å². The SMILES string of the molecule is COc1ccc(N)c(NC(=O)c2cccc(-c3noc(CC(C)(C)C)n3)c2)c1. The summed E-state index contributed by atoms with van der Waals surface area (Å²) in [4.78, 5) is 17.1. The molecular formula is C21H24N4O3. The van der Waals surface area contributed by atoms with Gasteiger partial charge in [0.2, 0.25) is 11.7 Å². The van der Waals surface area contributed by atoms with Crippen molar-refractivity contribution in [1.82, 2.24) is 10.1 Å². The summed E-state index contributed by atoms with van der Waals surface area (Å²) in [5.41, 5.74) is 8.09. The van der Waals surface area contributed by atoms with Gasteiger partial charge in [0.25, 0.3) is 5.91 Å². The molecule has 0 fully saturated rings. The van der Waals surface area contributed by atoms with Crippen LogP contribution in [0.5, 0.6) is 5.75 Å². The van der Waals surface area contributed by atoms with E-state index >= 15 is 0 Å². The molecule has 1 aromatic heterocycles. The predicted octanol–water partition coefficient (Wildman–Crippen LogP) is 4.17. The Morgan fingerprint density at radius 3 is 2.71 bits per heavy atom. The number of nitrogen functional groups attached to an aromatic ring is 1. The van der Waals surface area contributed by atoms with Crippen molar-refractivity contribution in [2.75, 3.05) is 18.2 Å². The number of rotatable bonds is 5. The second-order valence-electron chi connectivity index (χ2n) is 7.74. The van der Waals surface area contributed by atoms with Crippen LogP contribution < -0.4 is 15.8 Å². The molecule has 0 aliphatic carbocycles. The minimum Gasteiger partial charge on any atom is -0.497 e. The molecule has 3 N–H and O–H groups in total. The molecule has 0 atom stereocenters. The summed E-state index contributed by atoms with van der Waals surface area (Å²) in [6.45, 7) is 6.31. The first kappa shape index (κ1) is 19.4. The van der Waals surface area contributed by atoms with E-state index in [-0.39, 0.29) is 11.3 Å². The molecule has 0 bridgehead atoms. The largest absolute Gasteiger partial charge is 0.497 e. The average molecular weight is 380 g/mol. The maximum absolute atomic E-state index is 12.7. The molecule has 0 aliphatic heterocycles. The number of aromatic nitrogens is 2. The Balaban J connectivity index is 1.81. The van der Waals surface area contributed by atoms with Crippen LogP contribution in [0.1, 0.15) is 37.0 Å². The number of nitrogens with zero attached hydrogens (tertiary/aromatic N) is 2. The monoisotopic (exact) mass is 380 g/mol. The van der Waals surface area contributed by atoms with Crippen molar-refractivity contribution >= 4 is 17.3 Å². The van der Waals surface area contributed by atoms with Crippen molar-refractivity contribution in [3.05, 3.63) is 53.9 Å². The first-order valence-corrected chi connectivity index (χ1v) is 8.93. The number of hydrogen-bond donors (Lipinski definition) is 2. The van der Waals surface area contributed by atoms with Crippen LogP contribution in [-0.4, -0.2) is 23.2 Å². The summed E-state index contributed by atoms with van der Waals surface area (Å²) < 4.78 is 10.5. The molecule has 3 aromatic rings. The van der Waals surface area contributed by atoms with Crippen LogP contribution in [0.15, 0.2) is 47.0 Å². The highest BCUT2D eigenvalue weighted by molar-refractivity contribution is 6.06. The van der Waals surface area contributed by atoms with Crippen LogP contribution in [0.4, 0.5) is 11.4 Å². The van der Waals surface area contributed by atoms with E-state index in [4.69, 9.17) is 15.0 Å². The van der Waals surface area contributed by atoms with E-state index in [0.29, 0.717) is 46.4 Å². The number of methoxy groups -OCH3 is 1. The molecule has 0 aliphatic rings. The molecule has 1 amide bonds.